The predicted molar refractivity (Wildman–Crippen MR) is 97.1 cm³/mol. The van der Waals surface area contributed by atoms with E-state index in [0.29, 0.717) is 17.9 Å². The third kappa shape index (κ3) is 5.68. The minimum atomic E-state index is -1.41. The number of ether oxygens (including phenoxy) is 2. The number of aliphatic hydroxyl groups excluding tert-OH is 8. The van der Waals surface area contributed by atoms with Gasteiger partial charge in [0, 0.05) is 0 Å². The van der Waals surface area contributed by atoms with E-state index in [0.717, 1.165) is 0 Å². The highest BCUT2D eigenvalue weighted by atomic mass is 32.2. The summed E-state index contributed by atoms with van der Waals surface area (Å²) >= 11 is 2.45. The Hall–Kier alpha value is 0.300. The van der Waals surface area contributed by atoms with Crippen molar-refractivity contribution < 1.29 is 50.3 Å². The fraction of sp³-hybridized carbons (Fsp3) is 1.00. The van der Waals surface area contributed by atoms with Gasteiger partial charge in [0.2, 0.25) is 0 Å². The fourth-order valence-electron chi connectivity index (χ4n) is 2.87. The molecule has 27 heavy (non-hydrogen) atoms. The van der Waals surface area contributed by atoms with Gasteiger partial charge in [-0.25, -0.2) is 0 Å². The van der Waals surface area contributed by atoms with E-state index >= 15 is 0 Å². The molecule has 2 aliphatic rings. The van der Waals surface area contributed by atoms with Crippen LogP contribution in [0.3, 0.4) is 0 Å². The molecule has 0 aliphatic carbocycles. The molecule has 2 heterocycles. The molecule has 0 unspecified atom stereocenters. The van der Waals surface area contributed by atoms with Crippen molar-refractivity contribution in [2.24, 2.45) is 0 Å². The topological polar surface area (TPSA) is 180 Å². The van der Waals surface area contributed by atoms with Gasteiger partial charge in [-0.15, -0.1) is 23.5 Å². The van der Waals surface area contributed by atoms with Gasteiger partial charge in [0.15, 0.2) is 0 Å². The Balaban J connectivity index is 1.72. The first-order chi connectivity index (χ1) is 12.8. The molecule has 0 aromatic rings. The lowest BCUT2D eigenvalue weighted by atomic mass is 10.0. The molecule has 0 saturated carbocycles. The lowest BCUT2D eigenvalue weighted by molar-refractivity contribution is -0.205. The van der Waals surface area contributed by atoms with E-state index < -0.39 is 72.9 Å². The number of thioether (sulfide) groups is 2. The second-order valence-electron chi connectivity index (χ2n) is 6.49. The van der Waals surface area contributed by atoms with Crippen LogP contribution in [0.25, 0.3) is 0 Å². The zero-order chi connectivity index (χ0) is 20.1. The number of rotatable bonds is 8. The van der Waals surface area contributed by atoms with Gasteiger partial charge in [0.1, 0.15) is 59.7 Å². The van der Waals surface area contributed by atoms with E-state index in [9.17, 15) is 30.6 Å². The summed E-state index contributed by atoms with van der Waals surface area (Å²) in [5, 5.41) is 77.2. The lowest BCUT2D eigenvalue weighted by Crippen LogP contribution is -2.57. The van der Waals surface area contributed by atoms with Crippen molar-refractivity contribution >= 4 is 23.5 Å². The largest absolute Gasteiger partial charge is 0.394 e. The molecular weight excluding hydrogens is 404 g/mol. The number of hydrogen-bond donors (Lipinski definition) is 8. The molecule has 0 radical (unpaired) electrons. The van der Waals surface area contributed by atoms with E-state index in [2.05, 4.69) is 0 Å². The predicted octanol–water partition coefficient (Wildman–Crippen LogP) is -3.56. The van der Waals surface area contributed by atoms with Crippen molar-refractivity contribution in [3.63, 3.8) is 0 Å². The van der Waals surface area contributed by atoms with Crippen LogP contribution in [0.4, 0.5) is 0 Å². The maximum Gasteiger partial charge on any atom is 0.132 e. The molecule has 160 valence electrons. The van der Waals surface area contributed by atoms with Crippen molar-refractivity contribution in [1.29, 1.82) is 0 Å². The van der Waals surface area contributed by atoms with Gasteiger partial charge in [-0.1, -0.05) is 0 Å². The zero-order valence-electron chi connectivity index (χ0n) is 14.5. The van der Waals surface area contributed by atoms with Crippen LogP contribution in [0, 0.1) is 0 Å². The van der Waals surface area contributed by atoms with Crippen LogP contribution >= 0.6 is 23.5 Å². The molecule has 0 bridgehead atoms. The van der Waals surface area contributed by atoms with Gasteiger partial charge in [-0.3, -0.25) is 0 Å². The fourth-order valence-corrected chi connectivity index (χ4v) is 5.30. The van der Waals surface area contributed by atoms with Crippen molar-refractivity contribution in [2.45, 2.75) is 66.1 Å². The molecule has 12 heteroatoms. The van der Waals surface area contributed by atoms with E-state index in [-0.39, 0.29) is 0 Å². The number of aliphatic hydroxyl groups is 8. The van der Waals surface area contributed by atoms with E-state index in [1.165, 1.54) is 23.5 Å². The smallest absolute Gasteiger partial charge is 0.132 e. The van der Waals surface area contributed by atoms with Crippen LogP contribution in [0.15, 0.2) is 0 Å². The minimum absolute atomic E-state index is 0.477. The summed E-state index contributed by atoms with van der Waals surface area (Å²) in [5.41, 5.74) is -1.59. The van der Waals surface area contributed by atoms with Gasteiger partial charge in [0.25, 0.3) is 0 Å². The minimum Gasteiger partial charge on any atom is -0.394 e. The van der Waals surface area contributed by atoms with Crippen molar-refractivity contribution in [2.75, 3.05) is 24.7 Å². The second-order valence-corrected chi connectivity index (χ2v) is 8.90. The van der Waals surface area contributed by atoms with E-state index in [4.69, 9.17) is 19.7 Å². The third-order valence-corrected chi connectivity index (χ3v) is 7.04. The molecule has 0 amide bonds. The lowest BCUT2D eigenvalue weighted by Gasteiger charge is -2.40. The first-order valence-electron chi connectivity index (χ1n) is 8.66. The molecule has 2 fully saturated rings. The van der Waals surface area contributed by atoms with Gasteiger partial charge < -0.3 is 50.3 Å². The monoisotopic (exact) mass is 432 g/mol. The Labute approximate surface area is 165 Å². The molecule has 0 aromatic heterocycles. The third-order valence-electron chi connectivity index (χ3n) is 4.55. The average Bonchev–Trinajstić information content (AvgIpc) is 2.67. The molecule has 0 spiro atoms. The highest BCUT2D eigenvalue weighted by Crippen LogP contribution is 2.31. The van der Waals surface area contributed by atoms with Crippen LogP contribution in [0.1, 0.15) is 6.42 Å². The first kappa shape index (κ1) is 23.6. The molecule has 0 aromatic carbocycles. The van der Waals surface area contributed by atoms with Gasteiger partial charge in [-0.05, 0) is 17.9 Å². The standard InChI is InChI=1S/C15H28O10S2/c16-4-6-8(18)10(20)12(22)14(24-6)26-2-1-3-27-15-13(23)11(21)9(19)7(5-17)25-15/h6-23H,1-5H2/t6-,7-,8-,9-,10+,11+,12+,13+,14-,15-/m1/s1. The van der Waals surface area contributed by atoms with Crippen molar-refractivity contribution in [1.82, 2.24) is 0 Å². The maximum absolute atomic E-state index is 9.96. The molecule has 2 saturated heterocycles. The molecule has 10 atom stereocenters. The Bertz CT molecular complexity index is 405. The van der Waals surface area contributed by atoms with Gasteiger partial charge in [-0.2, -0.15) is 0 Å². The Morgan fingerprint density at radius 3 is 1.26 bits per heavy atom. The van der Waals surface area contributed by atoms with Crippen LogP contribution in [0.5, 0.6) is 0 Å². The second kappa shape index (κ2) is 10.9. The van der Waals surface area contributed by atoms with Crippen LogP contribution in [-0.4, -0.2) is 125 Å². The van der Waals surface area contributed by atoms with Crippen LogP contribution < -0.4 is 0 Å². The first-order valence-corrected chi connectivity index (χ1v) is 10.8. The average molecular weight is 433 g/mol. The maximum atomic E-state index is 9.96. The van der Waals surface area contributed by atoms with Gasteiger partial charge in [0.05, 0.1) is 13.2 Å². The Morgan fingerprint density at radius 1 is 0.556 bits per heavy atom. The van der Waals surface area contributed by atoms with Crippen LogP contribution in [-0.2, 0) is 9.47 Å². The van der Waals surface area contributed by atoms with Crippen molar-refractivity contribution in [3.05, 3.63) is 0 Å². The summed E-state index contributed by atoms with van der Waals surface area (Å²) in [5.74, 6) is 1.04. The molecule has 2 aliphatic heterocycles. The summed E-state index contributed by atoms with van der Waals surface area (Å²) in [6.07, 6.45) is -9.43. The Morgan fingerprint density at radius 2 is 0.926 bits per heavy atom. The zero-order valence-corrected chi connectivity index (χ0v) is 16.2. The summed E-state index contributed by atoms with van der Waals surface area (Å²) in [6.45, 7) is -0.954. The molecular formula is C15H28O10S2. The highest BCUT2D eigenvalue weighted by molar-refractivity contribution is 8.00. The quantitative estimate of drug-likeness (QED) is 0.177. The molecule has 8 N–H and O–H groups in total. The van der Waals surface area contributed by atoms with E-state index in [1.54, 1.807) is 0 Å². The molecule has 2 rings (SSSR count). The summed E-state index contributed by atoms with van der Waals surface area (Å²) in [7, 11) is 0. The highest BCUT2D eigenvalue weighted by Gasteiger charge is 2.44. The van der Waals surface area contributed by atoms with Gasteiger partial charge >= 0.3 is 0 Å². The summed E-state index contributed by atoms with van der Waals surface area (Å²) in [4.78, 5) is 0. The Kier molecular flexibility index (Phi) is 9.52. The van der Waals surface area contributed by atoms with E-state index in [1.807, 2.05) is 0 Å². The summed E-state index contributed by atoms with van der Waals surface area (Å²) in [6, 6.07) is 0. The number of hydrogen-bond acceptors (Lipinski definition) is 12. The normalized spacial score (nSPS) is 45.8. The SMILES string of the molecule is OC[C@H]1O[C@H](SCCCS[C@H]2O[C@H](CO)[C@@H](O)[C@H](O)[C@@H]2O)[C@@H](O)[C@@H](O)[C@@H]1O. The van der Waals surface area contributed by atoms with Crippen molar-refractivity contribution in [3.8, 4) is 0 Å². The summed E-state index contributed by atoms with van der Waals surface area (Å²) < 4.78 is 10.8. The van der Waals surface area contributed by atoms with Crippen LogP contribution in [0.2, 0.25) is 0 Å². The molecule has 10 nitrogen and oxygen atoms in total.